The predicted molar refractivity (Wildman–Crippen MR) is 107 cm³/mol. The summed E-state index contributed by atoms with van der Waals surface area (Å²) in [7, 11) is 0. The molecule has 1 aromatic carbocycles. The monoisotopic (exact) mass is 395 g/mol. The van der Waals surface area contributed by atoms with E-state index in [0.29, 0.717) is 24.9 Å². The van der Waals surface area contributed by atoms with Gasteiger partial charge in [0, 0.05) is 44.2 Å². The molecule has 3 rings (SSSR count). The Kier molecular flexibility index (Phi) is 7.92. The summed E-state index contributed by atoms with van der Waals surface area (Å²) in [6.07, 6.45) is 1.47. The number of carbonyl (C=O) groups is 2. The molecule has 6 nitrogen and oxygen atoms in total. The second-order valence-electron chi connectivity index (χ2n) is 7.41. The third-order valence-corrected chi connectivity index (χ3v) is 5.35. The fourth-order valence-electron chi connectivity index (χ4n) is 3.69. The van der Waals surface area contributed by atoms with Crippen molar-refractivity contribution in [1.82, 2.24) is 15.1 Å². The quantitative estimate of drug-likeness (QED) is 0.846. The van der Waals surface area contributed by atoms with E-state index in [1.54, 1.807) is 0 Å². The lowest BCUT2D eigenvalue weighted by atomic mass is 9.94. The fraction of sp³-hybridized carbons (Fsp3) is 0.600. The maximum absolute atomic E-state index is 12.9. The number of nitrogens with zero attached hydrogens (tertiary/aromatic N) is 2. The lowest BCUT2D eigenvalue weighted by Crippen LogP contribution is -2.58. The van der Waals surface area contributed by atoms with Gasteiger partial charge in [-0.05, 0) is 38.8 Å². The summed E-state index contributed by atoms with van der Waals surface area (Å²) < 4.78 is 5.54. The molecule has 0 aromatic heterocycles. The van der Waals surface area contributed by atoms with E-state index < -0.39 is 0 Å². The first-order valence-corrected chi connectivity index (χ1v) is 9.54. The van der Waals surface area contributed by atoms with Crippen LogP contribution in [0.15, 0.2) is 30.3 Å². The second kappa shape index (κ2) is 9.95. The average molecular weight is 396 g/mol. The summed E-state index contributed by atoms with van der Waals surface area (Å²) >= 11 is 0. The van der Waals surface area contributed by atoms with Crippen LogP contribution >= 0.6 is 12.4 Å². The number of ether oxygens (including phenoxy) is 1. The van der Waals surface area contributed by atoms with Crippen LogP contribution in [0, 0.1) is 5.92 Å². The van der Waals surface area contributed by atoms with Gasteiger partial charge in [0.2, 0.25) is 5.91 Å². The molecule has 0 saturated carbocycles. The summed E-state index contributed by atoms with van der Waals surface area (Å²) in [5, 5.41) is 3.41. The van der Waals surface area contributed by atoms with Gasteiger partial charge in [-0.1, -0.05) is 18.2 Å². The normalized spacial score (nSPS) is 23.5. The van der Waals surface area contributed by atoms with Crippen molar-refractivity contribution in [2.75, 3.05) is 32.8 Å². The van der Waals surface area contributed by atoms with Gasteiger partial charge in [0.05, 0.1) is 0 Å². The molecule has 0 bridgehead atoms. The van der Waals surface area contributed by atoms with Crippen LogP contribution in [0.3, 0.4) is 0 Å². The Morgan fingerprint density at radius 1 is 1.15 bits per heavy atom. The highest BCUT2D eigenvalue weighted by Crippen LogP contribution is 2.22. The summed E-state index contributed by atoms with van der Waals surface area (Å²) in [5.41, 5.74) is 0. The molecule has 0 spiro atoms. The summed E-state index contributed by atoms with van der Waals surface area (Å²) in [5.74, 6) is 0.969. The molecule has 2 amide bonds. The zero-order valence-corrected chi connectivity index (χ0v) is 16.9. The number of carbonyl (C=O) groups excluding carboxylic acids is 2. The van der Waals surface area contributed by atoms with Gasteiger partial charge >= 0.3 is 0 Å². The number of hydrogen-bond donors (Lipinski definition) is 1. The van der Waals surface area contributed by atoms with E-state index in [2.05, 4.69) is 19.2 Å². The number of benzene rings is 1. The number of hydrogen-bond acceptors (Lipinski definition) is 4. The minimum Gasteiger partial charge on any atom is -0.484 e. The third kappa shape index (κ3) is 5.59. The summed E-state index contributed by atoms with van der Waals surface area (Å²) in [4.78, 5) is 29.0. The fourth-order valence-corrected chi connectivity index (χ4v) is 3.69. The second-order valence-corrected chi connectivity index (χ2v) is 7.41. The van der Waals surface area contributed by atoms with Crippen molar-refractivity contribution < 1.29 is 14.3 Å². The third-order valence-electron chi connectivity index (χ3n) is 5.35. The van der Waals surface area contributed by atoms with Gasteiger partial charge in [-0.25, -0.2) is 0 Å². The number of halogens is 1. The molecule has 2 aliphatic heterocycles. The zero-order valence-electron chi connectivity index (χ0n) is 16.1. The number of likely N-dealkylation sites (tertiary alicyclic amines) is 1. The molecule has 1 N–H and O–H groups in total. The molecule has 0 radical (unpaired) electrons. The molecular formula is C20H30ClN3O3. The van der Waals surface area contributed by atoms with Crippen molar-refractivity contribution in [3.63, 3.8) is 0 Å². The molecule has 2 fully saturated rings. The van der Waals surface area contributed by atoms with E-state index in [1.807, 2.05) is 40.1 Å². The molecule has 7 heteroatoms. The van der Waals surface area contributed by atoms with Gasteiger partial charge in [0.1, 0.15) is 5.75 Å². The lowest BCUT2D eigenvalue weighted by molar-refractivity contribution is -0.144. The van der Waals surface area contributed by atoms with Crippen molar-refractivity contribution in [1.29, 1.82) is 0 Å². The van der Waals surface area contributed by atoms with Gasteiger partial charge in [0.25, 0.3) is 5.91 Å². The van der Waals surface area contributed by atoms with Crippen molar-refractivity contribution in [2.24, 2.45) is 5.92 Å². The van der Waals surface area contributed by atoms with Crippen molar-refractivity contribution >= 4 is 24.2 Å². The Morgan fingerprint density at radius 2 is 1.81 bits per heavy atom. The lowest BCUT2D eigenvalue weighted by Gasteiger charge is -2.41. The maximum atomic E-state index is 12.9. The predicted octanol–water partition coefficient (Wildman–Crippen LogP) is 1.93. The first kappa shape index (κ1) is 21.5. The maximum Gasteiger partial charge on any atom is 0.260 e. The molecule has 27 heavy (non-hydrogen) atoms. The van der Waals surface area contributed by atoms with Crippen LogP contribution < -0.4 is 10.1 Å². The Balaban J connectivity index is 0.00000261. The Morgan fingerprint density at radius 3 is 2.48 bits per heavy atom. The molecule has 1 aromatic rings. The van der Waals surface area contributed by atoms with Crippen molar-refractivity contribution in [3.05, 3.63) is 30.3 Å². The van der Waals surface area contributed by atoms with Crippen LogP contribution in [0.4, 0.5) is 0 Å². The van der Waals surface area contributed by atoms with Crippen LogP contribution in [-0.2, 0) is 9.59 Å². The number of rotatable bonds is 4. The van der Waals surface area contributed by atoms with Crippen LogP contribution in [0.25, 0.3) is 0 Å². The first-order chi connectivity index (χ1) is 12.5. The standard InChI is InChI=1S/C20H29N3O3.ClH/c1-15-13-23(16(2)12-21-15)20(25)17-8-10-22(11-9-17)19(24)14-26-18-6-4-3-5-7-18;/h3-7,15-17,21H,8-14H2,1-2H3;1H. The molecule has 2 aliphatic rings. The minimum absolute atomic E-state index is 0. The Labute approximate surface area is 167 Å². The molecular weight excluding hydrogens is 366 g/mol. The van der Waals surface area contributed by atoms with Gasteiger partial charge in [-0.3, -0.25) is 9.59 Å². The van der Waals surface area contributed by atoms with Crippen molar-refractivity contribution in [3.8, 4) is 5.75 Å². The largest absolute Gasteiger partial charge is 0.484 e. The highest BCUT2D eigenvalue weighted by Gasteiger charge is 2.34. The molecule has 150 valence electrons. The summed E-state index contributed by atoms with van der Waals surface area (Å²) in [6.45, 7) is 7.13. The van der Waals surface area contributed by atoms with Crippen LogP contribution in [0.5, 0.6) is 5.75 Å². The van der Waals surface area contributed by atoms with E-state index >= 15 is 0 Å². The minimum atomic E-state index is -0.0103. The summed E-state index contributed by atoms with van der Waals surface area (Å²) in [6, 6.07) is 9.94. The Hall–Kier alpha value is -1.79. The van der Waals surface area contributed by atoms with Crippen LogP contribution in [-0.4, -0.2) is 66.5 Å². The number of amides is 2. The van der Waals surface area contributed by atoms with Crippen LogP contribution in [0.2, 0.25) is 0 Å². The topological polar surface area (TPSA) is 61.9 Å². The van der Waals surface area contributed by atoms with Gasteiger partial charge in [-0.15, -0.1) is 12.4 Å². The van der Waals surface area contributed by atoms with Crippen molar-refractivity contribution in [2.45, 2.75) is 38.8 Å². The molecule has 2 heterocycles. The average Bonchev–Trinajstić information content (AvgIpc) is 2.68. The number of nitrogens with one attached hydrogen (secondary N) is 1. The van der Waals surface area contributed by atoms with Gasteiger partial charge in [0.15, 0.2) is 6.61 Å². The van der Waals surface area contributed by atoms with Gasteiger partial charge < -0.3 is 19.9 Å². The smallest absolute Gasteiger partial charge is 0.260 e. The number of piperidine rings is 1. The first-order valence-electron chi connectivity index (χ1n) is 9.54. The SMILES string of the molecule is CC1CN(C(=O)C2CCN(C(=O)COc3ccccc3)CC2)C(C)CN1.Cl. The number of piperazine rings is 1. The molecule has 2 unspecified atom stereocenters. The highest BCUT2D eigenvalue weighted by molar-refractivity contribution is 5.85. The molecule has 2 atom stereocenters. The highest BCUT2D eigenvalue weighted by atomic mass is 35.5. The van der Waals surface area contributed by atoms with E-state index in [9.17, 15) is 9.59 Å². The Bertz CT molecular complexity index is 620. The van der Waals surface area contributed by atoms with E-state index in [0.717, 1.165) is 25.9 Å². The van der Waals surface area contributed by atoms with Gasteiger partial charge in [-0.2, -0.15) is 0 Å². The molecule has 0 aliphatic carbocycles. The molecule has 2 saturated heterocycles. The van der Waals surface area contributed by atoms with E-state index in [4.69, 9.17) is 4.74 Å². The van der Waals surface area contributed by atoms with E-state index in [1.165, 1.54) is 0 Å². The van der Waals surface area contributed by atoms with E-state index in [-0.39, 0.29) is 42.8 Å². The number of para-hydroxylation sites is 1. The van der Waals surface area contributed by atoms with Crippen LogP contribution in [0.1, 0.15) is 26.7 Å². The zero-order chi connectivity index (χ0) is 18.5.